The highest BCUT2D eigenvalue weighted by atomic mass is 32.1. The number of thiocarbonyl (C=S) groups is 1. The van der Waals surface area contributed by atoms with Gasteiger partial charge in [-0.25, -0.2) is 0 Å². The van der Waals surface area contributed by atoms with Crippen LogP contribution in [0.3, 0.4) is 0 Å². The van der Waals surface area contributed by atoms with Gasteiger partial charge in [0.2, 0.25) is 0 Å². The average Bonchev–Trinajstić information content (AvgIpc) is 2.74. The molecule has 2 heterocycles. The molecule has 1 saturated heterocycles. The van der Waals surface area contributed by atoms with Crippen molar-refractivity contribution in [2.24, 2.45) is 12.8 Å². The fraction of sp³-hybridized carbons (Fsp3) is 0.545. The number of likely N-dealkylation sites (tertiary alicyclic amines) is 1. The van der Waals surface area contributed by atoms with E-state index < -0.39 is 0 Å². The quantitative estimate of drug-likeness (QED) is 0.787. The molecule has 1 amide bonds. The van der Waals surface area contributed by atoms with Crippen molar-refractivity contribution < 1.29 is 4.79 Å². The number of piperidine rings is 1. The Bertz CT molecular complexity index is 442. The van der Waals surface area contributed by atoms with Gasteiger partial charge in [0.15, 0.2) is 0 Å². The molecule has 1 aromatic rings. The molecule has 2 rings (SSSR count). The Kier molecular flexibility index (Phi) is 3.42. The fourth-order valence-corrected chi connectivity index (χ4v) is 2.45. The summed E-state index contributed by atoms with van der Waals surface area (Å²) in [6.07, 6.45) is 4.55. The van der Waals surface area contributed by atoms with Crippen molar-refractivity contribution in [3.63, 3.8) is 0 Å². The topological polar surface area (TPSA) is 64.2 Å². The summed E-state index contributed by atoms with van der Waals surface area (Å²) in [4.78, 5) is 14.5. The van der Waals surface area contributed by atoms with Gasteiger partial charge in [0.1, 0.15) is 5.69 Å². The Balaban J connectivity index is 2.23. The summed E-state index contributed by atoms with van der Waals surface area (Å²) in [5, 5.41) is 4.01. The monoisotopic (exact) mass is 252 g/mol. The predicted molar refractivity (Wildman–Crippen MR) is 68.7 cm³/mol. The van der Waals surface area contributed by atoms with Crippen LogP contribution in [0.2, 0.25) is 0 Å². The number of amides is 1. The SMILES string of the molecule is Cn1nccc1C(=O)N1CCCCC1C(N)=S. The van der Waals surface area contributed by atoms with E-state index in [4.69, 9.17) is 18.0 Å². The summed E-state index contributed by atoms with van der Waals surface area (Å²) in [6.45, 7) is 0.714. The number of hydrogen-bond donors (Lipinski definition) is 1. The van der Waals surface area contributed by atoms with E-state index >= 15 is 0 Å². The molecule has 0 spiro atoms. The lowest BCUT2D eigenvalue weighted by atomic mass is 10.0. The third-order valence-corrected chi connectivity index (χ3v) is 3.40. The average molecular weight is 252 g/mol. The minimum absolute atomic E-state index is 0.0394. The number of carbonyl (C=O) groups is 1. The Morgan fingerprint density at radius 1 is 1.59 bits per heavy atom. The Hall–Kier alpha value is -1.43. The molecule has 17 heavy (non-hydrogen) atoms. The summed E-state index contributed by atoms with van der Waals surface area (Å²) in [5.41, 5.74) is 6.28. The molecule has 1 aliphatic heterocycles. The Morgan fingerprint density at radius 3 is 2.94 bits per heavy atom. The molecule has 0 aromatic carbocycles. The van der Waals surface area contributed by atoms with Gasteiger partial charge >= 0.3 is 0 Å². The second-order valence-electron chi connectivity index (χ2n) is 4.25. The van der Waals surface area contributed by atoms with Crippen molar-refractivity contribution in [2.75, 3.05) is 6.54 Å². The Morgan fingerprint density at radius 2 is 2.35 bits per heavy atom. The number of aryl methyl sites for hydroxylation is 1. The molecule has 6 heteroatoms. The third kappa shape index (κ3) is 2.31. The molecule has 0 radical (unpaired) electrons. The molecule has 1 unspecified atom stereocenters. The first-order valence-electron chi connectivity index (χ1n) is 5.69. The van der Waals surface area contributed by atoms with E-state index in [1.165, 1.54) is 0 Å². The van der Waals surface area contributed by atoms with E-state index in [1.54, 1.807) is 28.9 Å². The van der Waals surface area contributed by atoms with Gasteiger partial charge in [-0.05, 0) is 25.3 Å². The van der Waals surface area contributed by atoms with E-state index in [1.807, 2.05) is 0 Å². The first-order valence-corrected chi connectivity index (χ1v) is 6.10. The number of nitrogens with zero attached hydrogens (tertiary/aromatic N) is 3. The number of hydrogen-bond acceptors (Lipinski definition) is 3. The zero-order valence-electron chi connectivity index (χ0n) is 9.80. The molecule has 2 N–H and O–H groups in total. The van der Waals surface area contributed by atoms with Crippen molar-refractivity contribution in [2.45, 2.75) is 25.3 Å². The number of rotatable bonds is 2. The highest BCUT2D eigenvalue weighted by Gasteiger charge is 2.30. The summed E-state index contributed by atoms with van der Waals surface area (Å²) >= 11 is 5.04. The van der Waals surface area contributed by atoms with Crippen LogP contribution in [0.1, 0.15) is 29.8 Å². The van der Waals surface area contributed by atoms with Crippen LogP contribution in [0, 0.1) is 0 Å². The largest absolute Gasteiger partial charge is 0.392 e. The summed E-state index contributed by atoms with van der Waals surface area (Å²) in [7, 11) is 1.76. The summed E-state index contributed by atoms with van der Waals surface area (Å²) in [5.74, 6) is -0.0394. The van der Waals surface area contributed by atoms with Crippen molar-refractivity contribution >= 4 is 23.1 Å². The van der Waals surface area contributed by atoms with Crippen LogP contribution >= 0.6 is 12.2 Å². The summed E-state index contributed by atoms with van der Waals surface area (Å²) < 4.78 is 1.58. The van der Waals surface area contributed by atoms with Crippen LogP contribution in [0.15, 0.2) is 12.3 Å². The maximum absolute atomic E-state index is 12.3. The van der Waals surface area contributed by atoms with Crippen LogP contribution in [0.5, 0.6) is 0 Å². The maximum atomic E-state index is 12.3. The zero-order chi connectivity index (χ0) is 12.4. The number of carbonyl (C=O) groups excluding carboxylic acids is 1. The molecule has 5 nitrogen and oxygen atoms in total. The smallest absolute Gasteiger partial charge is 0.272 e. The lowest BCUT2D eigenvalue weighted by Gasteiger charge is -2.34. The molecule has 1 aromatic heterocycles. The number of nitrogens with two attached hydrogens (primary N) is 1. The van der Waals surface area contributed by atoms with Crippen LogP contribution in [-0.4, -0.2) is 38.2 Å². The molecule has 0 saturated carbocycles. The van der Waals surface area contributed by atoms with E-state index in [0.717, 1.165) is 19.3 Å². The van der Waals surface area contributed by atoms with Crippen molar-refractivity contribution in [1.29, 1.82) is 0 Å². The lowest BCUT2D eigenvalue weighted by molar-refractivity contribution is 0.0670. The van der Waals surface area contributed by atoms with Crippen molar-refractivity contribution in [3.05, 3.63) is 18.0 Å². The lowest BCUT2D eigenvalue weighted by Crippen LogP contribution is -2.50. The van der Waals surface area contributed by atoms with Crippen LogP contribution in [-0.2, 0) is 7.05 Å². The Labute approximate surface area is 106 Å². The molecule has 1 fully saturated rings. The molecular weight excluding hydrogens is 236 g/mol. The van der Waals surface area contributed by atoms with E-state index in [0.29, 0.717) is 17.2 Å². The van der Waals surface area contributed by atoms with Gasteiger partial charge < -0.3 is 10.6 Å². The predicted octanol–water partition coefficient (Wildman–Crippen LogP) is 0.701. The van der Waals surface area contributed by atoms with Gasteiger partial charge in [0, 0.05) is 19.8 Å². The molecule has 92 valence electrons. The van der Waals surface area contributed by atoms with Gasteiger partial charge in [0.25, 0.3) is 5.91 Å². The third-order valence-electron chi connectivity index (χ3n) is 3.13. The zero-order valence-corrected chi connectivity index (χ0v) is 10.6. The first-order chi connectivity index (χ1) is 8.11. The molecule has 0 aliphatic carbocycles. The van der Waals surface area contributed by atoms with Gasteiger partial charge in [-0.2, -0.15) is 5.10 Å². The van der Waals surface area contributed by atoms with Crippen molar-refractivity contribution in [1.82, 2.24) is 14.7 Å². The minimum Gasteiger partial charge on any atom is -0.392 e. The van der Waals surface area contributed by atoms with Crippen LogP contribution < -0.4 is 5.73 Å². The van der Waals surface area contributed by atoms with Gasteiger partial charge in [-0.1, -0.05) is 12.2 Å². The number of aromatic nitrogens is 2. The second-order valence-corrected chi connectivity index (χ2v) is 4.72. The van der Waals surface area contributed by atoms with Gasteiger partial charge in [-0.3, -0.25) is 9.48 Å². The van der Waals surface area contributed by atoms with Crippen LogP contribution in [0.25, 0.3) is 0 Å². The molecule has 1 aliphatic rings. The first kappa shape index (κ1) is 12.0. The van der Waals surface area contributed by atoms with Crippen molar-refractivity contribution in [3.8, 4) is 0 Å². The van der Waals surface area contributed by atoms with E-state index in [9.17, 15) is 4.79 Å². The highest BCUT2D eigenvalue weighted by Crippen LogP contribution is 2.19. The van der Waals surface area contributed by atoms with Gasteiger partial charge in [-0.15, -0.1) is 0 Å². The second kappa shape index (κ2) is 4.83. The van der Waals surface area contributed by atoms with Crippen LogP contribution in [0.4, 0.5) is 0 Å². The summed E-state index contributed by atoms with van der Waals surface area (Å²) in [6, 6.07) is 1.61. The standard InChI is InChI=1S/C11H16N4OS/c1-14-9(5-6-13-14)11(16)15-7-3-2-4-8(15)10(12)17/h5-6,8H,2-4,7H2,1H3,(H2,12,17). The van der Waals surface area contributed by atoms with Gasteiger partial charge in [0.05, 0.1) is 11.0 Å². The minimum atomic E-state index is -0.110. The van der Waals surface area contributed by atoms with E-state index in [-0.39, 0.29) is 11.9 Å². The maximum Gasteiger partial charge on any atom is 0.272 e. The van der Waals surface area contributed by atoms with E-state index in [2.05, 4.69) is 5.10 Å². The fourth-order valence-electron chi connectivity index (χ4n) is 2.20. The normalized spacial score (nSPS) is 20.3. The highest BCUT2D eigenvalue weighted by molar-refractivity contribution is 7.80. The molecule has 0 bridgehead atoms. The molecule has 1 atom stereocenters. The molecular formula is C11H16N4OS.